The van der Waals surface area contributed by atoms with E-state index in [-0.39, 0.29) is 22.6 Å². The summed E-state index contributed by atoms with van der Waals surface area (Å²) in [5.74, 6) is -2.51. The highest BCUT2D eigenvalue weighted by molar-refractivity contribution is 5.85. The SMILES string of the molecule is O=C(O)C1c2cccc(c2O)NCCNc2cccc1c2O. The Hall–Kier alpha value is -2.89. The third-order valence-corrected chi connectivity index (χ3v) is 3.76. The van der Waals surface area contributed by atoms with Gasteiger partial charge < -0.3 is 26.0 Å². The first-order valence-corrected chi connectivity index (χ1v) is 6.94. The summed E-state index contributed by atoms with van der Waals surface area (Å²) in [5.41, 5.74) is 1.43. The summed E-state index contributed by atoms with van der Waals surface area (Å²) in [6, 6.07) is 9.84. The summed E-state index contributed by atoms with van der Waals surface area (Å²) in [7, 11) is 0. The third kappa shape index (κ3) is 2.28. The minimum absolute atomic E-state index is 0.110. The van der Waals surface area contributed by atoms with Crippen molar-refractivity contribution < 1.29 is 20.1 Å². The highest BCUT2D eigenvalue weighted by Crippen LogP contribution is 2.41. The molecule has 5 N–H and O–H groups in total. The van der Waals surface area contributed by atoms with Crippen LogP contribution in [0, 0.1) is 0 Å². The zero-order valence-electron chi connectivity index (χ0n) is 11.7. The van der Waals surface area contributed by atoms with Crippen LogP contribution in [0.3, 0.4) is 0 Å². The predicted molar refractivity (Wildman–Crippen MR) is 82.7 cm³/mol. The standard InChI is InChI=1S/C16H16N2O4/c19-14-9-3-1-5-11(14)17-7-8-18-12-6-2-4-10(15(12)20)13(9)16(21)22/h1-6,13,17-20H,7-8H2,(H,21,22). The van der Waals surface area contributed by atoms with Gasteiger partial charge in [-0.25, -0.2) is 0 Å². The average Bonchev–Trinajstić information content (AvgIpc) is 2.49. The Bertz CT molecular complexity index is 675. The number of fused-ring (bicyclic) bond motifs is 4. The maximum absolute atomic E-state index is 11.8. The van der Waals surface area contributed by atoms with Crippen LogP contribution in [0.2, 0.25) is 0 Å². The molecule has 2 aromatic rings. The lowest BCUT2D eigenvalue weighted by atomic mass is 9.89. The van der Waals surface area contributed by atoms with Crippen LogP contribution in [0.5, 0.6) is 11.5 Å². The first kappa shape index (κ1) is 14.1. The van der Waals surface area contributed by atoms with Crippen LogP contribution < -0.4 is 10.6 Å². The van der Waals surface area contributed by atoms with Crippen molar-refractivity contribution >= 4 is 17.3 Å². The van der Waals surface area contributed by atoms with Gasteiger partial charge in [-0.1, -0.05) is 24.3 Å². The second kappa shape index (κ2) is 5.48. The number of hydrogen-bond acceptors (Lipinski definition) is 5. The first-order valence-electron chi connectivity index (χ1n) is 6.94. The van der Waals surface area contributed by atoms with Crippen molar-refractivity contribution in [2.75, 3.05) is 23.7 Å². The molecule has 114 valence electrons. The molecule has 4 bridgehead atoms. The number of carboxylic acids is 1. The number of phenols is 2. The van der Waals surface area contributed by atoms with Gasteiger partial charge in [0.1, 0.15) is 17.4 Å². The van der Waals surface area contributed by atoms with Crippen LogP contribution in [0.15, 0.2) is 36.4 Å². The normalized spacial score (nSPS) is 14.4. The van der Waals surface area contributed by atoms with Crippen LogP contribution >= 0.6 is 0 Å². The Kier molecular flexibility index (Phi) is 3.50. The number of hydrogen-bond donors (Lipinski definition) is 5. The summed E-state index contributed by atoms with van der Waals surface area (Å²) in [5, 5.41) is 36.5. The van der Waals surface area contributed by atoms with Crippen LogP contribution in [0.1, 0.15) is 17.0 Å². The minimum Gasteiger partial charge on any atom is -0.505 e. The number of carboxylic acid groups (broad SMARTS) is 1. The Morgan fingerprint density at radius 3 is 1.77 bits per heavy atom. The van der Waals surface area contributed by atoms with Crippen LogP contribution in [-0.2, 0) is 4.79 Å². The molecule has 0 unspecified atom stereocenters. The molecule has 1 heterocycles. The summed E-state index contributed by atoms with van der Waals surface area (Å²) < 4.78 is 0. The van der Waals surface area contributed by atoms with Gasteiger partial charge in [-0.15, -0.1) is 0 Å². The maximum atomic E-state index is 11.8. The van der Waals surface area contributed by atoms with Gasteiger partial charge in [0.2, 0.25) is 0 Å². The zero-order chi connectivity index (χ0) is 15.7. The van der Waals surface area contributed by atoms with E-state index in [1.807, 2.05) is 0 Å². The van der Waals surface area contributed by atoms with Gasteiger partial charge >= 0.3 is 5.97 Å². The minimum atomic E-state index is -1.15. The van der Waals surface area contributed by atoms with Crippen molar-refractivity contribution in [2.45, 2.75) is 5.92 Å². The van der Waals surface area contributed by atoms with Crippen molar-refractivity contribution in [2.24, 2.45) is 0 Å². The van der Waals surface area contributed by atoms with Crippen LogP contribution in [-0.4, -0.2) is 34.4 Å². The third-order valence-electron chi connectivity index (χ3n) is 3.76. The number of benzene rings is 2. The summed E-state index contributed by atoms with van der Waals surface area (Å²) in [4.78, 5) is 11.8. The smallest absolute Gasteiger partial charge is 0.315 e. The highest BCUT2D eigenvalue weighted by atomic mass is 16.4. The maximum Gasteiger partial charge on any atom is 0.315 e. The molecule has 2 aromatic carbocycles. The highest BCUT2D eigenvalue weighted by Gasteiger charge is 2.29. The molecule has 1 aliphatic rings. The average molecular weight is 300 g/mol. The molecule has 3 rings (SSSR count). The van der Waals surface area contributed by atoms with Gasteiger partial charge in [0.05, 0.1) is 11.4 Å². The molecule has 0 radical (unpaired) electrons. The van der Waals surface area contributed by atoms with E-state index in [1.165, 1.54) is 0 Å². The van der Waals surface area contributed by atoms with Crippen LogP contribution in [0.4, 0.5) is 11.4 Å². The lowest BCUT2D eigenvalue weighted by molar-refractivity contribution is -0.137. The number of carbonyl (C=O) groups is 1. The second-order valence-corrected chi connectivity index (χ2v) is 5.11. The van der Waals surface area contributed by atoms with E-state index in [0.29, 0.717) is 24.5 Å². The summed E-state index contributed by atoms with van der Waals surface area (Å²) in [6.07, 6.45) is 0. The Labute approximate surface area is 127 Å². The van der Waals surface area contributed by atoms with E-state index in [1.54, 1.807) is 36.4 Å². The van der Waals surface area contributed by atoms with E-state index in [4.69, 9.17) is 0 Å². The van der Waals surface area contributed by atoms with Gasteiger partial charge in [-0.05, 0) is 12.1 Å². The second-order valence-electron chi connectivity index (χ2n) is 5.11. The van der Waals surface area contributed by atoms with Crippen molar-refractivity contribution in [1.29, 1.82) is 0 Å². The van der Waals surface area contributed by atoms with Crippen molar-refractivity contribution in [3.8, 4) is 11.5 Å². The van der Waals surface area contributed by atoms with Crippen molar-refractivity contribution in [1.82, 2.24) is 0 Å². The van der Waals surface area contributed by atoms with Crippen LogP contribution in [0.25, 0.3) is 0 Å². The molecule has 0 spiro atoms. The quantitative estimate of drug-likeness (QED) is 0.517. The number of anilines is 2. The Balaban J connectivity index is 2.27. The van der Waals surface area contributed by atoms with Crippen molar-refractivity contribution in [3.05, 3.63) is 47.5 Å². The largest absolute Gasteiger partial charge is 0.505 e. The number of aliphatic carboxylic acids is 1. The summed E-state index contributed by atoms with van der Waals surface area (Å²) in [6.45, 7) is 1.02. The summed E-state index contributed by atoms with van der Waals surface area (Å²) >= 11 is 0. The molecule has 22 heavy (non-hydrogen) atoms. The molecule has 0 fully saturated rings. The fourth-order valence-electron chi connectivity index (χ4n) is 2.70. The molecule has 0 atom stereocenters. The first-order chi connectivity index (χ1) is 10.6. The van der Waals surface area contributed by atoms with Crippen molar-refractivity contribution in [3.63, 3.8) is 0 Å². The lowest BCUT2D eigenvalue weighted by Gasteiger charge is -2.18. The Morgan fingerprint density at radius 1 is 0.909 bits per heavy atom. The number of aromatic hydroxyl groups is 2. The Morgan fingerprint density at radius 2 is 1.36 bits per heavy atom. The predicted octanol–water partition coefficient (Wildman–Crippen LogP) is 2.15. The molecule has 0 saturated heterocycles. The number of nitrogens with one attached hydrogen (secondary N) is 2. The molecule has 0 saturated carbocycles. The van der Waals surface area contributed by atoms with E-state index < -0.39 is 11.9 Å². The molecule has 6 heteroatoms. The molecular weight excluding hydrogens is 284 g/mol. The molecule has 0 amide bonds. The topological polar surface area (TPSA) is 102 Å². The zero-order valence-corrected chi connectivity index (χ0v) is 11.7. The molecular formula is C16H16N2O4. The number of para-hydroxylation sites is 2. The van der Waals surface area contributed by atoms with Gasteiger partial charge in [-0.3, -0.25) is 4.79 Å². The van der Waals surface area contributed by atoms with Gasteiger partial charge in [-0.2, -0.15) is 0 Å². The van der Waals surface area contributed by atoms with Gasteiger partial charge in [0.25, 0.3) is 0 Å². The molecule has 1 aliphatic heterocycles. The molecule has 6 nitrogen and oxygen atoms in total. The fourth-order valence-corrected chi connectivity index (χ4v) is 2.70. The monoisotopic (exact) mass is 300 g/mol. The van der Waals surface area contributed by atoms with Gasteiger partial charge in [0, 0.05) is 24.2 Å². The molecule has 0 aromatic heterocycles. The fraction of sp³-hybridized carbons (Fsp3) is 0.188. The van der Waals surface area contributed by atoms with Gasteiger partial charge in [0.15, 0.2) is 0 Å². The van der Waals surface area contributed by atoms with E-state index >= 15 is 0 Å². The number of rotatable bonds is 1. The number of phenolic OH excluding ortho intramolecular Hbond substituents is 2. The van der Waals surface area contributed by atoms with E-state index in [2.05, 4.69) is 10.6 Å². The molecule has 0 aliphatic carbocycles. The van der Waals surface area contributed by atoms with E-state index in [0.717, 1.165) is 0 Å². The van der Waals surface area contributed by atoms with E-state index in [9.17, 15) is 20.1 Å². The lowest BCUT2D eigenvalue weighted by Crippen LogP contribution is -2.14.